The molecule has 106 valence electrons. The third-order valence-corrected chi connectivity index (χ3v) is 6.30. The van der Waals surface area contributed by atoms with Gasteiger partial charge in [-0.3, -0.25) is 0 Å². The first kappa shape index (κ1) is 13.6. The Labute approximate surface area is 121 Å². The molecule has 2 saturated carbocycles. The summed E-state index contributed by atoms with van der Waals surface area (Å²) >= 11 is 1.93. The Morgan fingerprint density at radius 2 is 2.05 bits per heavy atom. The minimum atomic E-state index is 0.136. The van der Waals surface area contributed by atoms with Gasteiger partial charge in [-0.05, 0) is 44.4 Å². The van der Waals surface area contributed by atoms with Crippen molar-refractivity contribution in [3.05, 3.63) is 15.6 Å². The molecule has 2 aliphatic rings. The molecule has 3 heteroatoms. The van der Waals surface area contributed by atoms with Crippen LogP contribution in [0.4, 0.5) is 0 Å². The molecule has 1 N–H and O–H groups in total. The van der Waals surface area contributed by atoms with Gasteiger partial charge < -0.3 is 5.32 Å². The van der Waals surface area contributed by atoms with Gasteiger partial charge in [-0.2, -0.15) is 0 Å². The van der Waals surface area contributed by atoms with Gasteiger partial charge in [0.15, 0.2) is 0 Å². The van der Waals surface area contributed by atoms with Crippen LogP contribution in [0.1, 0.15) is 68.5 Å². The molecule has 2 fully saturated rings. The van der Waals surface area contributed by atoms with Crippen LogP contribution in [0.3, 0.4) is 0 Å². The van der Waals surface area contributed by atoms with E-state index in [9.17, 15) is 0 Å². The first-order valence-electron chi connectivity index (χ1n) is 7.73. The zero-order chi connectivity index (χ0) is 13.7. The lowest BCUT2D eigenvalue weighted by Crippen LogP contribution is -2.50. The second kappa shape index (κ2) is 4.56. The molecular weight excluding hydrogens is 252 g/mol. The minimum Gasteiger partial charge on any atom is -0.302 e. The third-order valence-electron chi connectivity index (χ3n) is 5.13. The van der Waals surface area contributed by atoms with Gasteiger partial charge in [-0.25, -0.2) is 4.98 Å². The van der Waals surface area contributed by atoms with Gasteiger partial charge in [0.05, 0.1) is 11.2 Å². The van der Waals surface area contributed by atoms with Crippen molar-refractivity contribution in [2.24, 2.45) is 5.41 Å². The van der Waals surface area contributed by atoms with Gasteiger partial charge in [0.2, 0.25) is 0 Å². The van der Waals surface area contributed by atoms with E-state index >= 15 is 0 Å². The standard InChI is InChI=1S/C16H26N2S/c1-5-13-11(2)19-14(17-13)16(18-12-7-8-12)10-6-9-15(16,3)4/h12,18H,5-10H2,1-4H3. The van der Waals surface area contributed by atoms with E-state index in [2.05, 4.69) is 33.0 Å². The number of rotatable bonds is 4. The van der Waals surface area contributed by atoms with E-state index < -0.39 is 0 Å². The lowest BCUT2D eigenvalue weighted by atomic mass is 9.75. The van der Waals surface area contributed by atoms with Gasteiger partial charge in [0.25, 0.3) is 0 Å². The molecule has 0 bridgehead atoms. The van der Waals surface area contributed by atoms with Gasteiger partial charge in [-0.1, -0.05) is 27.2 Å². The lowest BCUT2D eigenvalue weighted by Gasteiger charge is -2.41. The number of hydrogen-bond donors (Lipinski definition) is 1. The van der Waals surface area contributed by atoms with Crippen LogP contribution in [0.25, 0.3) is 0 Å². The van der Waals surface area contributed by atoms with Crippen molar-refractivity contribution < 1.29 is 0 Å². The Kier molecular flexibility index (Phi) is 3.25. The molecule has 19 heavy (non-hydrogen) atoms. The van der Waals surface area contributed by atoms with Crippen LogP contribution < -0.4 is 5.32 Å². The fourth-order valence-electron chi connectivity index (χ4n) is 3.59. The van der Waals surface area contributed by atoms with Crippen molar-refractivity contribution >= 4 is 11.3 Å². The number of thiazole rings is 1. The Balaban J connectivity index is 2.02. The van der Waals surface area contributed by atoms with E-state index in [4.69, 9.17) is 4.98 Å². The monoisotopic (exact) mass is 278 g/mol. The van der Waals surface area contributed by atoms with Crippen LogP contribution in [-0.4, -0.2) is 11.0 Å². The Hall–Kier alpha value is -0.410. The van der Waals surface area contributed by atoms with Gasteiger partial charge in [-0.15, -0.1) is 11.3 Å². The van der Waals surface area contributed by atoms with Crippen molar-refractivity contribution in [1.82, 2.24) is 10.3 Å². The third kappa shape index (κ3) is 2.15. The highest BCUT2D eigenvalue weighted by atomic mass is 32.1. The highest BCUT2D eigenvalue weighted by molar-refractivity contribution is 7.11. The zero-order valence-electron chi connectivity index (χ0n) is 12.7. The van der Waals surface area contributed by atoms with Crippen LogP contribution in [-0.2, 0) is 12.0 Å². The largest absolute Gasteiger partial charge is 0.302 e. The molecule has 1 atom stereocenters. The summed E-state index contributed by atoms with van der Waals surface area (Å²) in [4.78, 5) is 6.43. The van der Waals surface area contributed by atoms with Crippen molar-refractivity contribution in [3.8, 4) is 0 Å². The molecule has 3 rings (SSSR count). The van der Waals surface area contributed by atoms with Crippen molar-refractivity contribution in [2.75, 3.05) is 0 Å². The normalized spacial score (nSPS) is 29.9. The summed E-state index contributed by atoms with van der Waals surface area (Å²) in [7, 11) is 0. The topological polar surface area (TPSA) is 24.9 Å². The summed E-state index contributed by atoms with van der Waals surface area (Å²) in [5.74, 6) is 0. The summed E-state index contributed by atoms with van der Waals surface area (Å²) in [6.07, 6.45) is 7.65. The van der Waals surface area contributed by atoms with E-state index in [0.29, 0.717) is 5.41 Å². The fourth-order valence-corrected chi connectivity index (χ4v) is 4.95. The molecule has 2 nitrogen and oxygen atoms in total. The van der Waals surface area contributed by atoms with Crippen LogP contribution in [0.15, 0.2) is 0 Å². The number of nitrogens with zero attached hydrogens (tertiary/aromatic N) is 1. The zero-order valence-corrected chi connectivity index (χ0v) is 13.5. The number of aromatic nitrogens is 1. The molecular formula is C16H26N2S. The predicted octanol–water partition coefficient (Wildman–Crippen LogP) is 4.17. The average molecular weight is 278 g/mol. The predicted molar refractivity (Wildman–Crippen MR) is 81.7 cm³/mol. The Morgan fingerprint density at radius 3 is 2.53 bits per heavy atom. The second-order valence-corrected chi connectivity index (χ2v) is 8.14. The molecule has 0 amide bonds. The van der Waals surface area contributed by atoms with E-state index in [-0.39, 0.29) is 5.54 Å². The maximum atomic E-state index is 5.01. The lowest BCUT2D eigenvalue weighted by molar-refractivity contribution is 0.153. The van der Waals surface area contributed by atoms with E-state index in [1.54, 1.807) is 0 Å². The summed E-state index contributed by atoms with van der Waals surface area (Å²) in [6.45, 7) is 9.30. The molecule has 0 aliphatic heterocycles. The van der Waals surface area contributed by atoms with E-state index in [1.807, 2.05) is 11.3 Å². The molecule has 0 spiro atoms. The van der Waals surface area contributed by atoms with Crippen molar-refractivity contribution in [1.29, 1.82) is 0 Å². The highest BCUT2D eigenvalue weighted by Crippen LogP contribution is 2.54. The first-order valence-corrected chi connectivity index (χ1v) is 8.54. The molecule has 1 unspecified atom stereocenters. The van der Waals surface area contributed by atoms with E-state index in [0.717, 1.165) is 12.5 Å². The molecule has 1 aromatic rings. The number of aryl methyl sites for hydroxylation is 2. The summed E-state index contributed by atoms with van der Waals surface area (Å²) in [5, 5.41) is 5.34. The van der Waals surface area contributed by atoms with Crippen LogP contribution in [0, 0.1) is 12.3 Å². The number of nitrogens with one attached hydrogen (secondary N) is 1. The summed E-state index contributed by atoms with van der Waals surface area (Å²) in [6, 6.07) is 0.742. The quantitative estimate of drug-likeness (QED) is 0.894. The molecule has 2 aliphatic carbocycles. The summed E-state index contributed by atoms with van der Waals surface area (Å²) < 4.78 is 0. The maximum Gasteiger partial charge on any atom is 0.114 e. The van der Waals surface area contributed by atoms with Crippen LogP contribution >= 0.6 is 11.3 Å². The van der Waals surface area contributed by atoms with E-state index in [1.165, 1.54) is 47.7 Å². The van der Waals surface area contributed by atoms with Crippen molar-refractivity contribution in [2.45, 2.75) is 77.8 Å². The Bertz CT molecular complexity index is 473. The molecule has 0 aromatic carbocycles. The summed E-state index contributed by atoms with van der Waals surface area (Å²) in [5.41, 5.74) is 1.77. The van der Waals surface area contributed by atoms with Gasteiger partial charge >= 0.3 is 0 Å². The van der Waals surface area contributed by atoms with Crippen LogP contribution in [0.5, 0.6) is 0 Å². The van der Waals surface area contributed by atoms with Gasteiger partial charge in [0, 0.05) is 10.9 Å². The maximum absolute atomic E-state index is 5.01. The molecule has 1 aromatic heterocycles. The second-order valence-electron chi connectivity index (χ2n) is 6.94. The molecule has 1 heterocycles. The van der Waals surface area contributed by atoms with Crippen molar-refractivity contribution in [3.63, 3.8) is 0 Å². The first-order chi connectivity index (χ1) is 8.98. The Morgan fingerprint density at radius 1 is 1.32 bits per heavy atom. The smallest absolute Gasteiger partial charge is 0.114 e. The SMILES string of the molecule is CCc1nc(C2(NC3CC3)CCCC2(C)C)sc1C. The fraction of sp³-hybridized carbons (Fsp3) is 0.812. The molecule has 0 saturated heterocycles. The average Bonchev–Trinajstić information content (AvgIpc) is 3.00. The van der Waals surface area contributed by atoms with Crippen LogP contribution in [0.2, 0.25) is 0 Å². The molecule has 0 radical (unpaired) electrons. The number of hydrogen-bond acceptors (Lipinski definition) is 3. The highest BCUT2D eigenvalue weighted by Gasteiger charge is 2.53. The minimum absolute atomic E-state index is 0.136. The van der Waals surface area contributed by atoms with Gasteiger partial charge in [0.1, 0.15) is 5.01 Å².